The van der Waals surface area contributed by atoms with Gasteiger partial charge in [-0.25, -0.2) is 4.79 Å². The van der Waals surface area contributed by atoms with Crippen LogP contribution in [0.3, 0.4) is 0 Å². The Kier molecular flexibility index (Phi) is 5.12. The molecule has 0 aromatic heterocycles. The molecule has 0 radical (unpaired) electrons. The summed E-state index contributed by atoms with van der Waals surface area (Å²) in [5, 5.41) is 4.95. The Labute approximate surface area is 168 Å². The molecule has 0 saturated carbocycles. The summed E-state index contributed by atoms with van der Waals surface area (Å²) in [5.74, 6) is 0.376. The van der Waals surface area contributed by atoms with Gasteiger partial charge in [0.05, 0.1) is 0 Å². The van der Waals surface area contributed by atoms with Crippen LogP contribution in [0.2, 0.25) is 0 Å². The van der Waals surface area contributed by atoms with Crippen LogP contribution in [0.5, 0.6) is 5.75 Å². The molecule has 0 bridgehead atoms. The lowest BCUT2D eigenvalue weighted by Gasteiger charge is -2.09. The fraction of sp³-hybridized carbons (Fsp3) is 0.0833. The highest BCUT2D eigenvalue weighted by atomic mass is 16.5. The van der Waals surface area contributed by atoms with Crippen LogP contribution >= 0.6 is 0 Å². The zero-order valence-electron chi connectivity index (χ0n) is 15.8. The van der Waals surface area contributed by atoms with Crippen LogP contribution in [-0.4, -0.2) is 23.4 Å². The smallest absolute Gasteiger partial charge is 0.329 e. The number of carbonyl (C=O) groups is 2. The summed E-state index contributed by atoms with van der Waals surface area (Å²) in [4.78, 5) is 25.2. The second kappa shape index (κ2) is 8.02. The van der Waals surface area contributed by atoms with Gasteiger partial charge in [0.25, 0.3) is 5.91 Å². The van der Waals surface area contributed by atoms with E-state index in [2.05, 4.69) is 36.2 Å². The molecule has 0 atom stereocenters. The molecular weight excluding hydrogens is 364 g/mol. The predicted octanol–water partition coefficient (Wildman–Crippen LogP) is 4.50. The van der Waals surface area contributed by atoms with Crippen molar-refractivity contribution in [3.05, 3.63) is 96.2 Å². The van der Waals surface area contributed by atoms with E-state index in [9.17, 15) is 9.59 Å². The van der Waals surface area contributed by atoms with Gasteiger partial charge in [0.1, 0.15) is 18.1 Å². The number of fused-ring (bicyclic) bond motifs is 1. The molecular formula is C24H20N2O3. The Balaban J connectivity index is 1.45. The first kappa shape index (κ1) is 18.5. The van der Waals surface area contributed by atoms with E-state index < -0.39 is 6.03 Å². The first-order chi connectivity index (χ1) is 14.2. The van der Waals surface area contributed by atoms with E-state index in [0.29, 0.717) is 6.61 Å². The topological polar surface area (TPSA) is 58.6 Å². The predicted molar refractivity (Wildman–Crippen MR) is 113 cm³/mol. The van der Waals surface area contributed by atoms with Crippen molar-refractivity contribution in [2.75, 3.05) is 6.54 Å². The van der Waals surface area contributed by atoms with Crippen LogP contribution in [0.15, 0.2) is 85.1 Å². The minimum atomic E-state index is -0.434. The number of benzene rings is 3. The Morgan fingerprint density at radius 3 is 2.52 bits per heavy atom. The molecule has 3 amide bonds. The Morgan fingerprint density at radius 1 is 0.966 bits per heavy atom. The molecule has 0 unspecified atom stereocenters. The molecule has 1 aliphatic heterocycles. The van der Waals surface area contributed by atoms with Crippen molar-refractivity contribution in [1.29, 1.82) is 0 Å². The maximum Gasteiger partial charge on any atom is 0.329 e. The first-order valence-electron chi connectivity index (χ1n) is 9.30. The van der Waals surface area contributed by atoms with E-state index in [1.807, 2.05) is 42.5 Å². The largest absolute Gasteiger partial charge is 0.489 e. The summed E-state index contributed by atoms with van der Waals surface area (Å²) < 4.78 is 5.94. The number of urea groups is 1. The van der Waals surface area contributed by atoms with Gasteiger partial charge < -0.3 is 10.1 Å². The van der Waals surface area contributed by atoms with Crippen LogP contribution < -0.4 is 10.1 Å². The minimum Gasteiger partial charge on any atom is -0.489 e. The van der Waals surface area contributed by atoms with Gasteiger partial charge in [0.2, 0.25) is 0 Å². The van der Waals surface area contributed by atoms with Gasteiger partial charge >= 0.3 is 6.03 Å². The fourth-order valence-corrected chi connectivity index (χ4v) is 3.27. The molecule has 3 aromatic carbocycles. The van der Waals surface area contributed by atoms with Crippen LogP contribution in [0.1, 0.15) is 11.1 Å². The summed E-state index contributed by atoms with van der Waals surface area (Å²) in [6.45, 7) is 4.21. The fourth-order valence-electron chi connectivity index (χ4n) is 3.27. The minimum absolute atomic E-state index is 0.183. The quantitative estimate of drug-likeness (QED) is 0.387. The third-order valence-corrected chi connectivity index (χ3v) is 4.74. The highest BCUT2D eigenvalue weighted by Gasteiger charge is 2.32. The zero-order valence-corrected chi connectivity index (χ0v) is 15.8. The molecule has 1 saturated heterocycles. The number of hydrogen-bond acceptors (Lipinski definition) is 3. The molecule has 1 aliphatic rings. The van der Waals surface area contributed by atoms with E-state index >= 15 is 0 Å². The Bertz CT molecular complexity index is 1110. The number of hydrogen-bond donors (Lipinski definition) is 1. The third-order valence-electron chi connectivity index (χ3n) is 4.74. The van der Waals surface area contributed by atoms with E-state index in [-0.39, 0.29) is 18.1 Å². The molecule has 3 aromatic rings. The summed E-state index contributed by atoms with van der Waals surface area (Å²) in [6.07, 6.45) is 3.17. The average molecular weight is 384 g/mol. The summed E-state index contributed by atoms with van der Waals surface area (Å²) in [7, 11) is 0. The van der Waals surface area contributed by atoms with E-state index in [4.69, 9.17) is 4.74 Å². The lowest BCUT2D eigenvalue weighted by molar-refractivity contribution is -0.122. The molecule has 29 heavy (non-hydrogen) atoms. The van der Waals surface area contributed by atoms with Crippen molar-refractivity contribution < 1.29 is 14.3 Å². The van der Waals surface area contributed by atoms with Gasteiger partial charge in [0.15, 0.2) is 0 Å². The van der Waals surface area contributed by atoms with E-state index in [0.717, 1.165) is 21.8 Å². The van der Waals surface area contributed by atoms with Crippen LogP contribution in [0.4, 0.5) is 4.79 Å². The van der Waals surface area contributed by atoms with Crippen molar-refractivity contribution in [2.24, 2.45) is 0 Å². The van der Waals surface area contributed by atoms with Gasteiger partial charge in [-0.2, -0.15) is 0 Å². The number of amides is 3. The van der Waals surface area contributed by atoms with Crippen LogP contribution in [-0.2, 0) is 11.4 Å². The maximum absolute atomic E-state index is 12.2. The zero-order chi connectivity index (χ0) is 20.2. The SMILES string of the molecule is C=CCN1C(=O)N/C(=C/c2ccc(OCc3cccc4ccccc34)cc2)C1=O. The van der Waals surface area contributed by atoms with Gasteiger partial charge in [0, 0.05) is 6.54 Å². The normalized spacial score (nSPS) is 15.0. The van der Waals surface area contributed by atoms with E-state index in [1.54, 1.807) is 6.08 Å². The number of ether oxygens (including phenoxy) is 1. The molecule has 5 nitrogen and oxygen atoms in total. The number of imide groups is 1. The highest BCUT2D eigenvalue weighted by Crippen LogP contribution is 2.22. The third kappa shape index (κ3) is 3.89. The van der Waals surface area contributed by atoms with Crippen molar-refractivity contribution >= 4 is 28.8 Å². The Hall–Kier alpha value is -3.86. The van der Waals surface area contributed by atoms with Crippen molar-refractivity contribution in [3.8, 4) is 5.75 Å². The summed E-state index contributed by atoms with van der Waals surface area (Å²) in [5.41, 5.74) is 2.17. The molecule has 1 N–H and O–H groups in total. The van der Waals surface area contributed by atoms with Gasteiger partial charge in [-0.05, 0) is 40.1 Å². The highest BCUT2D eigenvalue weighted by molar-refractivity contribution is 6.14. The molecule has 1 fully saturated rings. The average Bonchev–Trinajstić information content (AvgIpc) is 3.01. The lowest BCUT2D eigenvalue weighted by Crippen LogP contribution is -2.30. The molecule has 144 valence electrons. The lowest BCUT2D eigenvalue weighted by atomic mass is 10.1. The second-order valence-corrected chi connectivity index (χ2v) is 6.69. The van der Waals surface area contributed by atoms with Crippen LogP contribution in [0, 0.1) is 0 Å². The molecule has 0 aliphatic carbocycles. The second-order valence-electron chi connectivity index (χ2n) is 6.69. The first-order valence-corrected chi connectivity index (χ1v) is 9.30. The number of nitrogens with one attached hydrogen (secondary N) is 1. The van der Waals surface area contributed by atoms with Gasteiger partial charge in [-0.15, -0.1) is 6.58 Å². The monoisotopic (exact) mass is 384 g/mol. The van der Waals surface area contributed by atoms with Gasteiger partial charge in [-0.3, -0.25) is 9.69 Å². The summed E-state index contributed by atoms with van der Waals surface area (Å²) in [6, 6.07) is 21.3. The van der Waals surface area contributed by atoms with Crippen molar-refractivity contribution in [1.82, 2.24) is 10.2 Å². The van der Waals surface area contributed by atoms with Crippen LogP contribution in [0.25, 0.3) is 16.8 Å². The number of rotatable bonds is 6. The molecule has 5 heteroatoms. The standard InChI is InChI=1S/C24H20N2O3/c1-2-14-26-23(27)22(25-24(26)28)15-17-10-12-20(13-11-17)29-16-19-8-5-7-18-6-3-4-9-21(18)19/h2-13,15H,1,14,16H2,(H,25,28)/b22-15+. The Morgan fingerprint density at radius 2 is 1.72 bits per heavy atom. The molecule has 4 rings (SSSR count). The number of nitrogens with zero attached hydrogens (tertiary/aromatic N) is 1. The van der Waals surface area contributed by atoms with E-state index in [1.165, 1.54) is 16.8 Å². The van der Waals surface area contributed by atoms with Crippen molar-refractivity contribution in [2.45, 2.75) is 6.61 Å². The van der Waals surface area contributed by atoms with Gasteiger partial charge in [-0.1, -0.05) is 60.7 Å². The summed E-state index contributed by atoms with van der Waals surface area (Å²) >= 11 is 0. The molecule has 0 spiro atoms. The number of carbonyl (C=O) groups excluding carboxylic acids is 2. The maximum atomic E-state index is 12.2. The van der Waals surface area contributed by atoms with Crippen molar-refractivity contribution in [3.63, 3.8) is 0 Å². The molecule has 1 heterocycles.